The monoisotopic (exact) mass is 281 g/mol. The van der Waals surface area contributed by atoms with E-state index in [2.05, 4.69) is 48.3 Å². The van der Waals surface area contributed by atoms with Crippen LogP contribution < -0.4 is 5.32 Å². The third-order valence-electron chi connectivity index (χ3n) is 4.44. The van der Waals surface area contributed by atoms with Crippen molar-refractivity contribution in [3.63, 3.8) is 0 Å². The SMILES string of the molecule is CCNC1CCN(CCc2nc(C)cs2)C(C)C1C. The molecule has 1 aromatic rings. The van der Waals surface area contributed by atoms with Crippen LogP contribution in [0.3, 0.4) is 0 Å². The zero-order chi connectivity index (χ0) is 13.8. The lowest BCUT2D eigenvalue weighted by atomic mass is 9.87. The third kappa shape index (κ3) is 3.77. The lowest BCUT2D eigenvalue weighted by Gasteiger charge is -2.43. The molecule has 3 nitrogen and oxygen atoms in total. The Hall–Kier alpha value is -0.450. The average Bonchev–Trinajstić information content (AvgIpc) is 2.80. The molecule has 2 heterocycles. The molecule has 0 spiro atoms. The van der Waals surface area contributed by atoms with Gasteiger partial charge in [-0.1, -0.05) is 13.8 Å². The van der Waals surface area contributed by atoms with Crippen LogP contribution >= 0.6 is 11.3 Å². The van der Waals surface area contributed by atoms with Gasteiger partial charge < -0.3 is 5.32 Å². The number of nitrogens with one attached hydrogen (secondary N) is 1. The molecular formula is C15H27N3S. The van der Waals surface area contributed by atoms with Crippen LogP contribution in [0.2, 0.25) is 0 Å². The van der Waals surface area contributed by atoms with Gasteiger partial charge in [0, 0.05) is 36.1 Å². The Morgan fingerprint density at radius 2 is 2.26 bits per heavy atom. The van der Waals surface area contributed by atoms with Gasteiger partial charge in [0.1, 0.15) is 0 Å². The molecule has 0 amide bonds. The van der Waals surface area contributed by atoms with Gasteiger partial charge in [-0.2, -0.15) is 0 Å². The minimum atomic E-state index is 0.666. The summed E-state index contributed by atoms with van der Waals surface area (Å²) in [4.78, 5) is 7.20. The molecule has 0 saturated carbocycles. The Bertz CT molecular complexity index is 390. The quantitative estimate of drug-likeness (QED) is 0.899. The predicted octanol–water partition coefficient (Wildman–Crippen LogP) is 2.70. The summed E-state index contributed by atoms with van der Waals surface area (Å²) >= 11 is 1.80. The summed E-state index contributed by atoms with van der Waals surface area (Å²) in [5, 5.41) is 7.06. The van der Waals surface area contributed by atoms with Crippen molar-refractivity contribution in [3.8, 4) is 0 Å². The molecule has 0 aliphatic carbocycles. The van der Waals surface area contributed by atoms with Crippen molar-refractivity contribution in [1.29, 1.82) is 0 Å². The van der Waals surface area contributed by atoms with E-state index in [9.17, 15) is 0 Å². The topological polar surface area (TPSA) is 28.2 Å². The summed E-state index contributed by atoms with van der Waals surface area (Å²) < 4.78 is 0. The molecule has 19 heavy (non-hydrogen) atoms. The highest BCUT2D eigenvalue weighted by Crippen LogP contribution is 2.24. The number of rotatable bonds is 5. The molecule has 1 fully saturated rings. The summed E-state index contributed by atoms with van der Waals surface area (Å²) in [6.45, 7) is 12.5. The summed E-state index contributed by atoms with van der Waals surface area (Å²) in [5.41, 5.74) is 1.16. The maximum Gasteiger partial charge on any atom is 0.0940 e. The zero-order valence-corrected chi connectivity index (χ0v) is 13.5. The van der Waals surface area contributed by atoms with E-state index in [0.717, 1.165) is 31.1 Å². The van der Waals surface area contributed by atoms with Gasteiger partial charge in [-0.25, -0.2) is 4.98 Å². The predicted molar refractivity (Wildman–Crippen MR) is 82.8 cm³/mol. The summed E-state index contributed by atoms with van der Waals surface area (Å²) in [6.07, 6.45) is 2.37. The molecule has 1 saturated heterocycles. The molecule has 0 aromatic carbocycles. The van der Waals surface area contributed by atoms with Gasteiger partial charge in [0.05, 0.1) is 5.01 Å². The van der Waals surface area contributed by atoms with Crippen molar-refractivity contribution in [2.75, 3.05) is 19.6 Å². The van der Waals surface area contributed by atoms with E-state index in [-0.39, 0.29) is 0 Å². The summed E-state index contributed by atoms with van der Waals surface area (Å²) in [5.74, 6) is 0.728. The van der Waals surface area contributed by atoms with Crippen molar-refractivity contribution in [2.24, 2.45) is 5.92 Å². The number of aromatic nitrogens is 1. The molecule has 1 aromatic heterocycles. The standard InChI is InChI=1S/C15H27N3S/c1-5-16-14-6-8-18(13(4)12(14)3)9-7-15-17-11(2)10-19-15/h10,12-14,16H,5-9H2,1-4H3. The molecule has 3 atom stereocenters. The van der Waals surface area contributed by atoms with Crippen LogP contribution in [0.15, 0.2) is 5.38 Å². The molecule has 0 radical (unpaired) electrons. The first-order chi connectivity index (χ1) is 9.11. The number of aryl methyl sites for hydroxylation is 1. The normalized spacial score (nSPS) is 28.7. The van der Waals surface area contributed by atoms with Crippen LogP contribution in [-0.2, 0) is 6.42 Å². The van der Waals surface area contributed by atoms with E-state index < -0.39 is 0 Å². The van der Waals surface area contributed by atoms with Crippen molar-refractivity contribution in [2.45, 2.75) is 52.6 Å². The van der Waals surface area contributed by atoms with Gasteiger partial charge in [0.15, 0.2) is 0 Å². The van der Waals surface area contributed by atoms with Crippen LogP contribution in [-0.4, -0.2) is 41.6 Å². The van der Waals surface area contributed by atoms with Crippen LogP contribution in [0, 0.1) is 12.8 Å². The van der Waals surface area contributed by atoms with E-state index in [1.54, 1.807) is 11.3 Å². The summed E-state index contributed by atoms with van der Waals surface area (Å²) in [6, 6.07) is 1.36. The molecule has 2 rings (SSSR count). The number of hydrogen-bond acceptors (Lipinski definition) is 4. The molecular weight excluding hydrogens is 254 g/mol. The van der Waals surface area contributed by atoms with Crippen LogP contribution in [0.5, 0.6) is 0 Å². The molecule has 0 bridgehead atoms. The van der Waals surface area contributed by atoms with Crippen LogP contribution in [0.25, 0.3) is 0 Å². The van der Waals surface area contributed by atoms with Gasteiger partial charge in [-0.15, -0.1) is 11.3 Å². The molecule has 3 unspecified atom stereocenters. The Morgan fingerprint density at radius 1 is 1.47 bits per heavy atom. The fraction of sp³-hybridized carbons (Fsp3) is 0.800. The van der Waals surface area contributed by atoms with Crippen molar-refractivity contribution < 1.29 is 0 Å². The Kier molecular flexibility index (Phi) is 5.37. The number of hydrogen-bond donors (Lipinski definition) is 1. The highest BCUT2D eigenvalue weighted by atomic mass is 32.1. The molecule has 1 N–H and O–H groups in total. The lowest BCUT2D eigenvalue weighted by Crippen LogP contribution is -2.53. The number of nitrogens with zero attached hydrogens (tertiary/aromatic N) is 2. The average molecular weight is 281 g/mol. The number of thiazole rings is 1. The molecule has 1 aliphatic rings. The van der Waals surface area contributed by atoms with Gasteiger partial charge in [-0.3, -0.25) is 4.90 Å². The van der Waals surface area contributed by atoms with Gasteiger partial charge in [-0.05, 0) is 39.3 Å². The molecule has 1 aliphatic heterocycles. The maximum absolute atomic E-state index is 4.56. The van der Waals surface area contributed by atoms with Crippen molar-refractivity contribution in [1.82, 2.24) is 15.2 Å². The van der Waals surface area contributed by atoms with Gasteiger partial charge >= 0.3 is 0 Å². The Morgan fingerprint density at radius 3 is 2.89 bits per heavy atom. The second kappa shape index (κ2) is 6.82. The van der Waals surface area contributed by atoms with Crippen LogP contribution in [0.1, 0.15) is 37.9 Å². The first-order valence-electron chi connectivity index (χ1n) is 7.50. The van der Waals surface area contributed by atoms with E-state index in [4.69, 9.17) is 0 Å². The van der Waals surface area contributed by atoms with Crippen LogP contribution in [0.4, 0.5) is 0 Å². The minimum Gasteiger partial charge on any atom is -0.314 e. The lowest BCUT2D eigenvalue weighted by molar-refractivity contribution is 0.0867. The van der Waals surface area contributed by atoms with Crippen molar-refractivity contribution in [3.05, 3.63) is 16.1 Å². The number of piperidine rings is 1. The highest BCUT2D eigenvalue weighted by Gasteiger charge is 2.31. The smallest absolute Gasteiger partial charge is 0.0940 e. The largest absolute Gasteiger partial charge is 0.314 e. The van der Waals surface area contributed by atoms with E-state index in [1.165, 1.54) is 18.0 Å². The Labute approximate surface area is 121 Å². The first-order valence-corrected chi connectivity index (χ1v) is 8.38. The van der Waals surface area contributed by atoms with E-state index in [1.807, 2.05) is 0 Å². The fourth-order valence-electron chi connectivity index (χ4n) is 3.06. The second-order valence-corrected chi connectivity index (χ2v) is 6.66. The van der Waals surface area contributed by atoms with E-state index in [0.29, 0.717) is 12.1 Å². The van der Waals surface area contributed by atoms with Crippen molar-refractivity contribution >= 4 is 11.3 Å². The maximum atomic E-state index is 4.56. The third-order valence-corrected chi connectivity index (χ3v) is 5.47. The molecule has 108 valence electrons. The second-order valence-electron chi connectivity index (χ2n) is 5.72. The zero-order valence-electron chi connectivity index (χ0n) is 12.6. The number of likely N-dealkylation sites (tertiary alicyclic amines) is 1. The Balaban J connectivity index is 1.85. The highest BCUT2D eigenvalue weighted by molar-refractivity contribution is 7.09. The molecule has 4 heteroatoms. The summed E-state index contributed by atoms with van der Waals surface area (Å²) in [7, 11) is 0. The van der Waals surface area contributed by atoms with Gasteiger partial charge in [0.2, 0.25) is 0 Å². The fourth-order valence-corrected chi connectivity index (χ4v) is 3.83. The first kappa shape index (κ1) is 14.9. The minimum absolute atomic E-state index is 0.666. The van der Waals surface area contributed by atoms with E-state index >= 15 is 0 Å². The van der Waals surface area contributed by atoms with Gasteiger partial charge in [0.25, 0.3) is 0 Å².